The van der Waals surface area contributed by atoms with Crippen LogP contribution in [0.15, 0.2) is 47.1 Å². The summed E-state index contributed by atoms with van der Waals surface area (Å²) in [6.07, 6.45) is -3.49. The fourth-order valence-electron chi connectivity index (χ4n) is 3.29. The van der Waals surface area contributed by atoms with Crippen LogP contribution in [0.2, 0.25) is 0 Å². The van der Waals surface area contributed by atoms with Crippen molar-refractivity contribution < 1.29 is 17.7 Å². The number of rotatable bonds is 4. The summed E-state index contributed by atoms with van der Waals surface area (Å²) >= 11 is 0. The lowest BCUT2D eigenvalue weighted by Crippen LogP contribution is -2.46. The Bertz CT molecular complexity index is 963. The van der Waals surface area contributed by atoms with E-state index in [1.165, 1.54) is 6.07 Å². The molecule has 1 aliphatic heterocycles. The van der Waals surface area contributed by atoms with Crippen molar-refractivity contribution in [3.05, 3.63) is 59.6 Å². The third-order valence-corrected chi connectivity index (χ3v) is 4.87. The lowest BCUT2D eigenvalue weighted by molar-refractivity contribution is -0.137. The van der Waals surface area contributed by atoms with E-state index >= 15 is 0 Å². The normalized spacial score (nSPS) is 15.7. The largest absolute Gasteiger partial charge is 0.417 e. The number of aryl methyl sites for hydroxylation is 1. The number of alkyl halides is 3. The SMILES string of the molecule is Cc1cccc(-c2noc(CN3CCN(c4ccc(C(F)(F)F)cn4)CC3)n2)c1. The Balaban J connectivity index is 1.33. The Hall–Kier alpha value is -2.94. The Morgan fingerprint density at radius 1 is 1.07 bits per heavy atom. The van der Waals surface area contributed by atoms with E-state index in [0.29, 0.717) is 37.2 Å². The summed E-state index contributed by atoms with van der Waals surface area (Å²) in [7, 11) is 0. The van der Waals surface area contributed by atoms with Gasteiger partial charge in [-0.1, -0.05) is 28.9 Å². The average Bonchev–Trinajstić information content (AvgIpc) is 3.17. The van der Waals surface area contributed by atoms with Crippen LogP contribution in [0.4, 0.5) is 19.0 Å². The molecular formula is C20H20F3N5O. The molecule has 0 unspecified atom stereocenters. The average molecular weight is 403 g/mol. The highest BCUT2D eigenvalue weighted by molar-refractivity contribution is 5.55. The molecule has 0 bridgehead atoms. The molecule has 1 aromatic carbocycles. The molecule has 3 heterocycles. The van der Waals surface area contributed by atoms with Gasteiger partial charge in [-0.2, -0.15) is 18.2 Å². The molecule has 2 aromatic heterocycles. The number of nitrogens with zero attached hydrogens (tertiary/aromatic N) is 5. The van der Waals surface area contributed by atoms with Crippen LogP contribution >= 0.6 is 0 Å². The van der Waals surface area contributed by atoms with Crippen molar-refractivity contribution in [3.63, 3.8) is 0 Å². The van der Waals surface area contributed by atoms with Gasteiger partial charge in [0.1, 0.15) is 5.82 Å². The van der Waals surface area contributed by atoms with Crippen LogP contribution in [0.3, 0.4) is 0 Å². The van der Waals surface area contributed by atoms with Gasteiger partial charge >= 0.3 is 6.18 Å². The van der Waals surface area contributed by atoms with Crippen LogP contribution in [0.5, 0.6) is 0 Å². The summed E-state index contributed by atoms with van der Waals surface area (Å²) in [5.41, 5.74) is 1.31. The molecule has 6 nitrogen and oxygen atoms in total. The second-order valence-electron chi connectivity index (χ2n) is 7.05. The molecule has 0 radical (unpaired) electrons. The standard InChI is InChI=1S/C20H20F3N5O/c1-14-3-2-4-15(11-14)19-25-18(29-26-19)13-27-7-9-28(10-8-27)17-6-5-16(12-24-17)20(21,22)23/h2-6,11-12H,7-10,13H2,1H3. The van der Waals surface area contributed by atoms with Crippen molar-refractivity contribution in [2.45, 2.75) is 19.6 Å². The van der Waals surface area contributed by atoms with E-state index in [9.17, 15) is 13.2 Å². The predicted octanol–water partition coefficient (Wildman–Crippen LogP) is 3.78. The molecule has 1 saturated heterocycles. The summed E-state index contributed by atoms with van der Waals surface area (Å²) in [6, 6.07) is 10.4. The zero-order valence-corrected chi connectivity index (χ0v) is 15.9. The van der Waals surface area contributed by atoms with Crippen molar-refractivity contribution in [1.29, 1.82) is 0 Å². The maximum absolute atomic E-state index is 12.7. The summed E-state index contributed by atoms with van der Waals surface area (Å²) < 4.78 is 43.4. The molecule has 0 atom stereocenters. The fraction of sp³-hybridized carbons (Fsp3) is 0.350. The highest BCUT2D eigenvalue weighted by Crippen LogP contribution is 2.29. The fourth-order valence-corrected chi connectivity index (χ4v) is 3.29. The molecule has 1 aliphatic rings. The van der Waals surface area contributed by atoms with Gasteiger partial charge in [-0.15, -0.1) is 0 Å². The van der Waals surface area contributed by atoms with Crippen LogP contribution in [-0.4, -0.2) is 46.2 Å². The Morgan fingerprint density at radius 3 is 2.52 bits per heavy atom. The van der Waals surface area contributed by atoms with Gasteiger partial charge in [0.2, 0.25) is 11.7 Å². The molecule has 0 N–H and O–H groups in total. The molecule has 4 rings (SSSR count). The summed E-state index contributed by atoms with van der Waals surface area (Å²) in [6.45, 7) is 5.33. The van der Waals surface area contributed by atoms with Gasteiger partial charge in [-0.05, 0) is 25.1 Å². The number of benzene rings is 1. The lowest BCUT2D eigenvalue weighted by atomic mass is 10.1. The molecule has 152 valence electrons. The maximum Gasteiger partial charge on any atom is 0.417 e. The quantitative estimate of drug-likeness (QED) is 0.661. The zero-order valence-electron chi connectivity index (χ0n) is 15.9. The van der Waals surface area contributed by atoms with Crippen LogP contribution in [-0.2, 0) is 12.7 Å². The lowest BCUT2D eigenvalue weighted by Gasteiger charge is -2.34. The van der Waals surface area contributed by atoms with Gasteiger partial charge in [-0.25, -0.2) is 4.98 Å². The van der Waals surface area contributed by atoms with Crippen LogP contribution in [0, 0.1) is 6.92 Å². The van der Waals surface area contributed by atoms with Crippen molar-refractivity contribution in [1.82, 2.24) is 20.0 Å². The number of hydrogen-bond acceptors (Lipinski definition) is 6. The first-order valence-electron chi connectivity index (χ1n) is 9.29. The third kappa shape index (κ3) is 4.56. The number of anilines is 1. The summed E-state index contributed by atoms with van der Waals surface area (Å²) in [5, 5.41) is 4.06. The number of halogens is 3. The van der Waals surface area contributed by atoms with Gasteiger partial charge < -0.3 is 9.42 Å². The van der Waals surface area contributed by atoms with Crippen molar-refractivity contribution >= 4 is 5.82 Å². The molecular weight excluding hydrogens is 383 g/mol. The minimum Gasteiger partial charge on any atom is -0.354 e. The number of piperazine rings is 1. The van der Waals surface area contributed by atoms with E-state index in [0.717, 1.165) is 36.5 Å². The second-order valence-corrected chi connectivity index (χ2v) is 7.05. The Morgan fingerprint density at radius 2 is 1.86 bits per heavy atom. The van der Waals surface area contributed by atoms with Gasteiger partial charge in [0.05, 0.1) is 12.1 Å². The van der Waals surface area contributed by atoms with E-state index in [-0.39, 0.29) is 0 Å². The first-order chi connectivity index (χ1) is 13.9. The van der Waals surface area contributed by atoms with E-state index in [4.69, 9.17) is 4.52 Å². The zero-order chi connectivity index (χ0) is 20.4. The monoisotopic (exact) mass is 403 g/mol. The summed E-state index contributed by atoms with van der Waals surface area (Å²) in [4.78, 5) is 12.6. The van der Waals surface area contributed by atoms with Gasteiger partial charge in [0, 0.05) is 37.9 Å². The second kappa shape index (κ2) is 7.82. The van der Waals surface area contributed by atoms with Gasteiger partial charge in [0.15, 0.2) is 0 Å². The summed E-state index contributed by atoms with van der Waals surface area (Å²) in [5.74, 6) is 1.66. The number of pyridine rings is 1. The minimum absolute atomic E-state index is 0.535. The molecule has 0 spiro atoms. The minimum atomic E-state index is -4.37. The predicted molar refractivity (Wildman–Crippen MR) is 101 cm³/mol. The molecule has 9 heteroatoms. The molecule has 0 aliphatic carbocycles. The maximum atomic E-state index is 12.7. The van der Waals surface area contributed by atoms with Crippen LogP contribution in [0.1, 0.15) is 17.0 Å². The smallest absolute Gasteiger partial charge is 0.354 e. The van der Waals surface area contributed by atoms with Crippen molar-refractivity contribution in [2.24, 2.45) is 0 Å². The molecule has 3 aromatic rings. The third-order valence-electron chi connectivity index (χ3n) is 4.87. The topological polar surface area (TPSA) is 58.3 Å². The first-order valence-corrected chi connectivity index (χ1v) is 9.29. The molecule has 29 heavy (non-hydrogen) atoms. The molecule has 1 fully saturated rings. The molecule has 0 amide bonds. The van der Waals surface area contributed by atoms with Crippen molar-refractivity contribution in [2.75, 3.05) is 31.1 Å². The van der Waals surface area contributed by atoms with Crippen LogP contribution in [0.25, 0.3) is 11.4 Å². The number of hydrogen-bond donors (Lipinski definition) is 0. The van der Waals surface area contributed by atoms with E-state index in [1.807, 2.05) is 36.1 Å². The van der Waals surface area contributed by atoms with Gasteiger partial charge in [-0.3, -0.25) is 4.90 Å². The van der Waals surface area contributed by atoms with Crippen LogP contribution < -0.4 is 4.90 Å². The van der Waals surface area contributed by atoms with E-state index < -0.39 is 11.7 Å². The van der Waals surface area contributed by atoms with Crippen molar-refractivity contribution in [3.8, 4) is 11.4 Å². The highest BCUT2D eigenvalue weighted by Gasteiger charge is 2.31. The van der Waals surface area contributed by atoms with Gasteiger partial charge in [0.25, 0.3) is 0 Å². The highest BCUT2D eigenvalue weighted by atomic mass is 19.4. The Labute approximate surface area is 166 Å². The first kappa shape index (κ1) is 19.4. The number of aromatic nitrogens is 3. The Kier molecular flexibility index (Phi) is 5.23. The van der Waals surface area contributed by atoms with E-state index in [1.54, 1.807) is 0 Å². The molecule has 0 saturated carbocycles. The van der Waals surface area contributed by atoms with E-state index in [2.05, 4.69) is 20.0 Å².